The van der Waals surface area contributed by atoms with Gasteiger partial charge in [0.2, 0.25) is 5.91 Å². The highest BCUT2D eigenvalue weighted by Gasteiger charge is 2.37. The van der Waals surface area contributed by atoms with Crippen LogP contribution in [0.4, 0.5) is 9.18 Å². The first-order chi connectivity index (χ1) is 16.4. The number of hydrogen-bond acceptors (Lipinski definition) is 6. The van der Waals surface area contributed by atoms with Gasteiger partial charge < -0.3 is 19.9 Å². The van der Waals surface area contributed by atoms with Crippen molar-refractivity contribution < 1.29 is 18.7 Å². The number of likely N-dealkylation sites (tertiary alicyclic amines) is 1. The second-order valence-electron chi connectivity index (χ2n) is 8.54. The molecule has 3 heterocycles. The number of benzene rings is 1. The van der Waals surface area contributed by atoms with E-state index >= 15 is 0 Å². The lowest BCUT2D eigenvalue weighted by Gasteiger charge is -2.30. The van der Waals surface area contributed by atoms with Gasteiger partial charge in [0, 0.05) is 30.1 Å². The summed E-state index contributed by atoms with van der Waals surface area (Å²) in [6.07, 6.45) is 5.94. The Balaban J connectivity index is 1.51. The Morgan fingerprint density at radius 1 is 1.18 bits per heavy atom. The summed E-state index contributed by atoms with van der Waals surface area (Å²) >= 11 is 0. The van der Waals surface area contributed by atoms with Crippen molar-refractivity contribution in [2.24, 2.45) is 5.92 Å². The number of alkyl carbamates (subject to hydrolysis) is 1. The Labute approximate surface area is 196 Å². The minimum atomic E-state index is -0.689. The topological polar surface area (TPSA) is 113 Å². The third-order valence-corrected chi connectivity index (χ3v) is 5.88. The summed E-state index contributed by atoms with van der Waals surface area (Å²) in [5.41, 5.74) is 2.03. The van der Waals surface area contributed by atoms with Crippen LogP contribution in [0.15, 0.2) is 42.9 Å². The smallest absolute Gasteiger partial charge is 0.407 e. The zero-order valence-electron chi connectivity index (χ0n) is 19.3. The Kier molecular flexibility index (Phi) is 6.85. The number of aromatic nitrogens is 4. The van der Waals surface area contributed by atoms with Gasteiger partial charge in [-0.25, -0.2) is 24.1 Å². The third-order valence-electron chi connectivity index (χ3n) is 5.88. The minimum Gasteiger partial charge on any atom is -0.453 e. The number of H-pyrrole nitrogens is 1. The van der Waals surface area contributed by atoms with E-state index in [1.165, 1.54) is 19.2 Å². The maximum absolute atomic E-state index is 13.5. The molecule has 2 amide bonds. The lowest BCUT2D eigenvalue weighted by atomic mass is 10.0. The molecule has 0 spiro atoms. The normalized spacial score (nSPS) is 16.5. The fraction of sp³-hybridized carbons (Fsp3) is 0.375. The molecule has 1 aliphatic rings. The highest BCUT2D eigenvalue weighted by Crippen LogP contribution is 2.32. The number of hydrogen-bond donors (Lipinski definition) is 2. The number of amides is 2. The first kappa shape index (κ1) is 23.3. The Hall–Kier alpha value is -3.82. The van der Waals surface area contributed by atoms with Crippen molar-refractivity contribution in [3.8, 4) is 22.6 Å². The Morgan fingerprint density at radius 2 is 1.94 bits per heavy atom. The molecule has 0 saturated carbocycles. The zero-order valence-corrected chi connectivity index (χ0v) is 19.3. The molecule has 2 aromatic heterocycles. The van der Waals surface area contributed by atoms with Crippen molar-refractivity contribution in [1.82, 2.24) is 30.2 Å². The lowest BCUT2D eigenvalue weighted by molar-refractivity contribution is -0.135. The predicted octanol–water partition coefficient (Wildman–Crippen LogP) is 3.72. The van der Waals surface area contributed by atoms with Gasteiger partial charge in [-0.3, -0.25) is 4.79 Å². The molecule has 3 aromatic rings. The van der Waals surface area contributed by atoms with E-state index in [0.717, 1.165) is 18.4 Å². The molecule has 1 aromatic carbocycles. The van der Waals surface area contributed by atoms with Crippen LogP contribution in [0.3, 0.4) is 0 Å². The molecule has 34 heavy (non-hydrogen) atoms. The number of methoxy groups -OCH3 is 1. The predicted molar refractivity (Wildman–Crippen MR) is 123 cm³/mol. The first-order valence-corrected chi connectivity index (χ1v) is 11.2. The molecule has 10 heteroatoms. The van der Waals surface area contributed by atoms with E-state index in [2.05, 4.69) is 30.0 Å². The lowest BCUT2D eigenvalue weighted by Crippen LogP contribution is -2.51. The first-order valence-electron chi connectivity index (χ1n) is 11.2. The minimum absolute atomic E-state index is 0.103. The highest BCUT2D eigenvalue weighted by atomic mass is 19.1. The van der Waals surface area contributed by atoms with Gasteiger partial charge in [-0.05, 0) is 30.9 Å². The van der Waals surface area contributed by atoms with Crippen molar-refractivity contribution >= 4 is 12.0 Å². The summed E-state index contributed by atoms with van der Waals surface area (Å²) in [6, 6.07) is 5.20. The third kappa shape index (κ3) is 4.90. The molecule has 1 fully saturated rings. The van der Waals surface area contributed by atoms with Crippen LogP contribution < -0.4 is 5.32 Å². The number of imidazole rings is 1. The van der Waals surface area contributed by atoms with Crippen LogP contribution in [0.1, 0.15) is 38.6 Å². The van der Waals surface area contributed by atoms with Gasteiger partial charge in [0.25, 0.3) is 0 Å². The number of nitrogens with one attached hydrogen (secondary N) is 2. The number of halogens is 1. The quantitative estimate of drug-likeness (QED) is 0.573. The van der Waals surface area contributed by atoms with Crippen molar-refractivity contribution in [3.63, 3.8) is 0 Å². The summed E-state index contributed by atoms with van der Waals surface area (Å²) < 4.78 is 18.2. The average Bonchev–Trinajstić information content (AvgIpc) is 3.51. The van der Waals surface area contributed by atoms with Crippen LogP contribution in [-0.2, 0) is 9.53 Å². The summed E-state index contributed by atoms with van der Waals surface area (Å²) in [5.74, 6) is 0.474. The van der Waals surface area contributed by atoms with E-state index in [4.69, 9.17) is 0 Å². The monoisotopic (exact) mass is 466 g/mol. The van der Waals surface area contributed by atoms with Crippen LogP contribution in [0.5, 0.6) is 0 Å². The molecule has 1 saturated heterocycles. The molecule has 1 unspecified atom stereocenters. The van der Waals surface area contributed by atoms with Gasteiger partial charge >= 0.3 is 6.09 Å². The van der Waals surface area contributed by atoms with Crippen LogP contribution >= 0.6 is 0 Å². The van der Waals surface area contributed by atoms with Gasteiger partial charge in [-0.1, -0.05) is 26.0 Å². The highest BCUT2D eigenvalue weighted by molar-refractivity contribution is 5.86. The second-order valence-corrected chi connectivity index (χ2v) is 8.54. The number of ether oxygens (including phenoxy) is 1. The zero-order chi connectivity index (χ0) is 24.2. The maximum atomic E-state index is 13.5. The molecule has 4 rings (SSSR count). The molecule has 0 aliphatic carbocycles. The van der Waals surface area contributed by atoms with Crippen molar-refractivity contribution in [2.75, 3.05) is 13.7 Å². The summed E-state index contributed by atoms with van der Waals surface area (Å²) in [4.78, 5) is 43.3. The molecule has 0 radical (unpaired) electrons. The van der Waals surface area contributed by atoms with Gasteiger partial charge in [-0.15, -0.1) is 0 Å². The van der Waals surface area contributed by atoms with Gasteiger partial charge in [0.05, 0.1) is 25.0 Å². The molecular weight excluding hydrogens is 439 g/mol. The number of carbonyl (C=O) groups is 2. The van der Waals surface area contributed by atoms with E-state index in [-0.39, 0.29) is 23.7 Å². The second kappa shape index (κ2) is 9.98. The SMILES string of the molecule is COC(=O)N[C@H](C(=O)N1CCCC1c1ncc(-c2cnc(-c3cccc(F)c3)nc2)[nH]1)C(C)C. The van der Waals surface area contributed by atoms with Gasteiger partial charge in [0.15, 0.2) is 5.82 Å². The Bertz CT molecular complexity index is 1160. The summed E-state index contributed by atoms with van der Waals surface area (Å²) in [7, 11) is 1.27. The number of carbonyl (C=O) groups excluding carboxylic acids is 2. The fourth-order valence-electron chi connectivity index (χ4n) is 4.09. The van der Waals surface area contributed by atoms with Crippen molar-refractivity contribution in [1.29, 1.82) is 0 Å². The van der Waals surface area contributed by atoms with Crippen molar-refractivity contribution in [2.45, 2.75) is 38.8 Å². The Morgan fingerprint density at radius 3 is 2.62 bits per heavy atom. The molecule has 1 aliphatic heterocycles. The molecule has 2 N–H and O–H groups in total. The van der Waals surface area contributed by atoms with E-state index < -0.39 is 12.1 Å². The van der Waals surface area contributed by atoms with Crippen LogP contribution in [0, 0.1) is 11.7 Å². The number of rotatable bonds is 6. The molecular formula is C24H27FN6O3. The largest absolute Gasteiger partial charge is 0.453 e. The summed E-state index contributed by atoms with van der Waals surface area (Å²) in [6.45, 7) is 4.33. The molecule has 0 bridgehead atoms. The molecule has 9 nitrogen and oxygen atoms in total. The van der Waals surface area contributed by atoms with Gasteiger partial charge in [-0.2, -0.15) is 0 Å². The molecule has 178 valence electrons. The average molecular weight is 467 g/mol. The van der Waals surface area contributed by atoms with E-state index in [0.29, 0.717) is 29.5 Å². The van der Waals surface area contributed by atoms with Gasteiger partial charge in [0.1, 0.15) is 17.7 Å². The molecule has 2 atom stereocenters. The van der Waals surface area contributed by atoms with Crippen molar-refractivity contribution in [3.05, 3.63) is 54.5 Å². The van der Waals surface area contributed by atoms with E-state index in [9.17, 15) is 14.0 Å². The standard InChI is InChI=1S/C24H27FN6O3/c1-14(2)20(30-24(33)34-3)23(32)31-9-5-8-19(31)22-28-13-18(29-22)16-11-26-21(27-12-16)15-6-4-7-17(25)10-15/h4,6-7,10-14,19-20H,5,8-9H2,1-3H3,(H,28,29)(H,30,33)/t19?,20-/m0/s1. The van der Waals surface area contributed by atoms with Crippen LogP contribution in [0.2, 0.25) is 0 Å². The number of nitrogens with zero attached hydrogens (tertiary/aromatic N) is 4. The summed E-state index contributed by atoms with van der Waals surface area (Å²) in [5, 5.41) is 2.65. The van der Waals surface area contributed by atoms with Crippen LogP contribution in [-0.4, -0.2) is 56.5 Å². The van der Waals surface area contributed by atoms with Crippen LogP contribution in [0.25, 0.3) is 22.6 Å². The van der Waals surface area contributed by atoms with E-state index in [1.807, 2.05) is 13.8 Å². The fourth-order valence-corrected chi connectivity index (χ4v) is 4.09. The number of aromatic amines is 1. The van der Waals surface area contributed by atoms with E-state index in [1.54, 1.807) is 35.6 Å². The maximum Gasteiger partial charge on any atom is 0.407 e.